The number of nitrogens with one attached hydrogen (secondary N) is 1. The first-order valence-electron chi connectivity index (χ1n) is 6.57. The molecule has 0 aliphatic heterocycles. The Labute approximate surface area is 132 Å². The third-order valence-corrected chi connectivity index (χ3v) is 5.25. The maximum Gasteiger partial charge on any atom is 0.228 e. The van der Waals surface area contributed by atoms with Gasteiger partial charge in [-0.3, -0.25) is 4.79 Å². The minimum atomic E-state index is -3.15. The number of sulfone groups is 1. The van der Waals surface area contributed by atoms with Gasteiger partial charge >= 0.3 is 0 Å². The highest BCUT2D eigenvalue weighted by atomic mass is 35.5. The van der Waals surface area contributed by atoms with E-state index in [0.717, 1.165) is 0 Å². The second-order valence-electron chi connectivity index (χ2n) is 5.18. The zero-order chi connectivity index (χ0) is 15.3. The summed E-state index contributed by atoms with van der Waals surface area (Å²) >= 11 is 0. The molecule has 0 saturated heterocycles. The van der Waals surface area contributed by atoms with Crippen molar-refractivity contribution in [3.63, 3.8) is 0 Å². The fourth-order valence-electron chi connectivity index (χ4n) is 1.51. The van der Waals surface area contributed by atoms with Gasteiger partial charge in [0.15, 0.2) is 9.84 Å². The SMILES string of the molecule is CC(CN)C(=O)Nc1cccc(CS(=O)(=O)C(C)C)c1.Cl. The second-order valence-corrected chi connectivity index (χ2v) is 7.74. The molecule has 1 amide bonds. The largest absolute Gasteiger partial charge is 0.330 e. The van der Waals surface area contributed by atoms with Crippen LogP contribution < -0.4 is 11.1 Å². The number of rotatable bonds is 6. The predicted octanol–water partition coefficient (Wildman–Crippen LogP) is 1.96. The van der Waals surface area contributed by atoms with Gasteiger partial charge in [0, 0.05) is 18.2 Å². The molecule has 1 unspecified atom stereocenters. The number of halogens is 1. The zero-order valence-electron chi connectivity index (χ0n) is 12.5. The van der Waals surface area contributed by atoms with Crippen molar-refractivity contribution in [3.8, 4) is 0 Å². The van der Waals surface area contributed by atoms with Crippen LogP contribution in [0, 0.1) is 5.92 Å². The third kappa shape index (κ3) is 6.03. The number of carbonyl (C=O) groups excluding carboxylic acids is 1. The number of anilines is 1. The Bertz CT molecular complexity index is 573. The molecule has 1 aromatic carbocycles. The highest BCUT2D eigenvalue weighted by molar-refractivity contribution is 7.91. The quantitative estimate of drug-likeness (QED) is 0.832. The maximum absolute atomic E-state index is 11.9. The van der Waals surface area contributed by atoms with E-state index in [9.17, 15) is 13.2 Å². The molecule has 0 saturated carbocycles. The molecule has 1 aromatic rings. The van der Waals surface area contributed by atoms with Crippen molar-refractivity contribution in [1.29, 1.82) is 0 Å². The van der Waals surface area contributed by atoms with E-state index in [2.05, 4.69) is 5.32 Å². The average Bonchev–Trinajstić information content (AvgIpc) is 2.37. The van der Waals surface area contributed by atoms with E-state index in [-0.39, 0.29) is 36.5 Å². The van der Waals surface area contributed by atoms with Crippen LogP contribution in [0.15, 0.2) is 24.3 Å². The summed E-state index contributed by atoms with van der Waals surface area (Å²) in [6, 6.07) is 6.88. The number of nitrogens with two attached hydrogens (primary N) is 1. The number of carbonyl (C=O) groups is 1. The first-order valence-corrected chi connectivity index (χ1v) is 8.29. The van der Waals surface area contributed by atoms with Gasteiger partial charge in [0.2, 0.25) is 5.91 Å². The Balaban J connectivity index is 0.00000400. The molecular weight excluding hydrogens is 312 g/mol. The summed E-state index contributed by atoms with van der Waals surface area (Å²) < 4.78 is 23.8. The van der Waals surface area contributed by atoms with Crippen LogP contribution in [0.4, 0.5) is 5.69 Å². The van der Waals surface area contributed by atoms with Crippen LogP contribution in [0.2, 0.25) is 0 Å². The molecule has 0 aliphatic rings. The van der Waals surface area contributed by atoms with E-state index in [1.165, 1.54) is 0 Å². The van der Waals surface area contributed by atoms with E-state index >= 15 is 0 Å². The van der Waals surface area contributed by atoms with E-state index in [1.54, 1.807) is 45.0 Å². The molecule has 3 N–H and O–H groups in total. The molecule has 0 aliphatic carbocycles. The van der Waals surface area contributed by atoms with Crippen LogP contribution in [0.1, 0.15) is 26.3 Å². The Morgan fingerprint density at radius 3 is 2.43 bits per heavy atom. The molecule has 0 radical (unpaired) electrons. The van der Waals surface area contributed by atoms with Crippen LogP contribution in [0.3, 0.4) is 0 Å². The van der Waals surface area contributed by atoms with Gasteiger partial charge in [-0.05, 0) is 31.5 Å². The minimum absolute atomic E-state index is 0. The maximum atomic E-state index is 11.9. The van der Waals surface area contributed by atoms with Crippen molar-refractivity contribution in [3.05, 3.63) is 29.8 Å². The molecule has 0 heterocycles. The molecule has 0 bridgehead atoms. The molecule has 21 heavy (non-hydrogen) atoms. The van der Waals surface area contributed by atoms with Crippen molar-refractivity contribution < 1.29 is 13.2 Å². The first kappa shape index (κ1) is 19.9. The fourth-order valence-corrected chi connectivity index (χ4v) is 2.49. The second kappa shape index (κ2) is 8.36. The van der Waals surface area contributed by atoms with Gasteiger partial charge in [0.1, 0.15) is 0 Å². The number of amides is 1. The summed E-state index contributed by atoms with van der Waals surface area (Å²) in [6.07, 6.45) is 0. The lowest BCUT2D eigenvalue weighted by Crippen LogP contribution is -2.26. The normalized spacial score (nSPS) is 12.6. The van der Waals surface area contributed by atoms with Gasteiger partial charge in [-0.1, -0.05) is 19.1 Å². The van der Waals surface area contributed by atoms with Crippen LogP contribution in [0.25, 0.3) is 0 Å². The van der Waals surface area contributed by atoms with Crippen LogP contribution in [0.5, 0.6) is 0 Å². The van der Waals surface area contributed by atoms with E-state index in [4.69, 9.17) is 5.73 Å². The van der Waals surface area contributed by atoms with Crippen molar-refractivity contribution in [1.82, 2.24) is 0 Å². The molecule has 0 fully saturated rings. The number of benzene rings is 1. The molecule has 0 aromatic heterocycles. The van der Waals surface area contributed by atoms with Gasteiger partial charge in [-0.2, -0.15) is 0 Å². The molecular formula is C14H23ClN2O3S. The smallest absolute Gasteiger partial charge is 0.228 e. The lowest BCUT2D eigenvalue weighted by Gasteiger charge is -2.12. The van der Waals surface area contributed by atoms with Gasteiger partial charge in [0.25, 0.3) is 0 Å². The Hall–Kier alpha value is -1.11. The summed E-state index contributed by atoms with van der Waals surface area (Å²) in [4.78, 5) is 11.7. The first-order chi connectivity index (χ1) is 9.26. The van der Waals surface area contributed by atoms with Gasteiger partial charge in [-0.25, -0.2) is 8.42 Å². The summed E-state index contributed by atoms with van der Waals surface area (Å²) in [5, 5.41) is 2.32. The van der Waals surface area contributed by atoms with Gasteiger partial charge in [-0.15, -0.1) is 12.4 Å². The van der Waals surface area contributed by atoms with Crippen molar-refractivity contribution in [2.45, 2.75) is 31.8 Å². The van der Waals surface area contributed by atoms with E-state index in [1.807, 2.05) is 0 Å². The van der Waals surface area contributed by atoms with Crippen molar-refractivity contribution in [2.24, 2.45) is 11.7 Å². The molecule has 7 heteroatoms. The molecule has 0 spiro atoms. The highest BCUT2D eigenvalue weighted by Crippen LogP contribution is 2.16. The highest BCUT2D eigenvalue weighted by Gasteiger charge is 2.17. The number of hydrogen-bond acceptors (Lipinski definition) is 4. The number of hydrogen-bond donors (Lipinski definition) is 2. The minimum Gasteiger partial charge on any atom is -0.330 e. The zero-order valence-corrected chi connectivity index (χ0v) is 14.1. The van der Waals surface area contributed by atoms with Crippen LogP contribution in [-0.2, 0) is 20.4 Å². The predicted molar refractivity (Wildman–Crippen MR) is 88.3 cm³/mol. The van der Waals surface area contributed by atoms with E-state index < -0.39 is 15.1 Å². The Morgan fingerprint density at radius 2 is 1.90 bits per heavy atom. The monoisotopic (exact) mass is 334 g/mol. The average molecular weight is 335 g/mol. The van der Waals surface area contributed by atoms with Crippen molar-refractivity contribution >= 4 is 33.8 Å². The molecule has 1 atom stereocenters. The van der Waals surface area contributed by atoms with E-state index in [0.29, 0.717) is 11.3 Å². The lowest BCUT2D eigenvalue weighted by atomic mass is 10.1. The third-order valence-electron chi connectivity index (χ3n) is 3.08. The summed E-state index contributed by atoms with van der Waals surface area (Å²) in [7, 11) is -3.15. The lowest BCUT2D eigenvalue weighted by molar-refractivity contribution is -0.119. The Morgan fingerprint density at radius 1 is 1.29 bits per heavy atom. The topological polar surface area (TPSA) is 89.3 Å². The standard InChI is InChI=1S/C14H22N2O3S.ClH/c1-10(2)20(18,19)9-12-5-4-6-13(7-12)16-14(17)11(3)8-15;/h4-7,10-11H,8-9,15H2,1-3H3,(H,16,17);1H. The van der Waals surface area contributed by atoms with Gasteiger partial charge in [0.05, 0.1) is 11.0 Å². The molecule has 1 rings (SSSR count). The molecule has 120 valence electrons. The molecule has 5 nitrogen and oxygen atoms in total. The Kier molecular flexibility index (Phi) is 7.92. The summed E-state index contributed by atoms with van der Waals surface area (Å²) in [6.45, 7) is 5.32. The summed E-state index contributed by atoms with van der Waals surface area (Å²) in [5.41, 5.74) is 6.69. The summed E-state index contributed by atoms with van der Waals surface area (Å²) in [5.74, 6) is -0.477. The van der Waals surface area contributed by atoms with Crippen molar-refractivity contribution in [2.75, 3.05) is 11.9 Å². The fraction of sp³-hybridized carbons (Fsp3) is 0.500. The van der Waals surface area contributed by atoms with Gasteiger partial charge < -0.3 is 11.1 Å². The van der Waals surface area contributed by atoms with Crippen LogP contribution >= 0.6 is 12.4 Å². The van der Waals surface area contributed by atoms with Crippen LogP contribution in [-0.4, -0.2) is 26.1 Å².